The maximum absolute atomic E-state index is 12.0. The minimum Gasteiger partial charge on any atom is -0.493 e. The van der Waals surface area contributed by atoms with Gasteiger partial charge in [-0.05, 0) is 47.8 Å². The van der Waals surface area contributed by atoms with Gasteiger partial charge >= 0.3 is 0 Å². The minimum absolute atomic E-state index is 0.113. The number of rotatable bonds is 5. The van der Waals surface area contributed by atoms with E-state index >= 15 is 0 Å². The number of hydrogen-bond acceptors (Lipinski definition) is 4. The van der Waals surface area contributed by atoms with Gasteiger partial charge in [0.25, 0.3) is 5.91 Å². The quantitative estimate of drug-likeness (QED) is 0.733. The van der Waals surface area contributed by atoms with Gasteiger partial charge in [0, 0.05) is 5.69 Å². The van der Waals surface area contributed by atoms with E-state index < -0.39 is 0 Å². The molecule has 0 fully saturated rings. The summed E-state index contributed by atoms with van der Waals surface area (Å²) in [7, 11) is 1.60. The van der Waals surface area contributed by atoms with E-state index in [1.807, 2.05) is 35.7 Å². The van der Waals surface area contributed by atoms with Crippen molar-refractivity contribution in [3.05, 3.63) is 70.9 Å². The average molecular weight is 325 g/mol. The summed E-state index contributed by atoms with van der Waals surface area (Å²) in [6.45, 7) is 0. The molecule has 2 aromatic carbocycles. The number of hydrogen-bond donors (Lipinski definition) is 1. The molecule has 0 radical (unpaired) electrons. The lowest BCUT2D eigenvalue weighted by Crippen LogP contribution is -2.09. The second kappa shape index (κ2) is 6.98. The zero-order valence-electron chi connectivity index (χ0n) is 12.5. The summed E-state index contributed by atoms with van der Waals surface area (Å²) < 4.78 is 11.1. The molecule has 0 atom stereocenters. The Morgan fingerprint density at radius 3 is 2.35 bits per heavy atom. The largest absolute Gasteiger partial charge is 0.493 e. The van der Waals surface area contributed by atoms with E-state index in [1.54, 1.807) is 37.4 Å². The molecule has 3 rings (SSSR count). The molecule has 1 N–H and O–H groups in total. The Bertz CT molecular complexity index is 782. The van der Waals surface area contributed by atoms with Crippen molar-refractivity contribution < 1.29 is 14.3 Å². The first-order valence-electron chi connectivity index (χ1n) is 7.02. The predicted octanol–water partition coefficient (Wildman–Crippen LogP) is 4.80. The molecule has 0 unspecified atom stereocenters. The summed E-state index contributed by atoms with van der Waals surface area (Å²) in [6.07, 6.45) is 0. The van der Waals surface area contributed by atoms with E-state index in [-0.39, 0.29) is 5.91 Å². The highest BCUT2D eigenvalue weighted by molar-refractivity contribution is 7.12. The van der Waals surface area contributed by atoms with E-state index in [4.69, 9.17) is 9.47 Å². The third kappa shape index (κ3) is 3.70. The molecule has 1 amide bonds. The summed E-state index contributed by atoms with van der Waals surface area (Å²) in [5, 5.41) is 4.72. The topological polar surface area (TPSA) is 47.6 Å². The number of nitrogens with one attached hydrogen (secondary N) is 1. The molecule has 1 heterocycles. The number of carbonyl (C=O) groups is 1. The standard InChI is InChI=1S/C18H15NO3S/c1-21-15-5-2-3-6-16(15)22-14-10-8-13(9-11-14)19-18(20)17-7-4-12-23-17/h2-12H,1H3,(H,19,20). The predicted molar refractivity (Wildman–Crippen MR) is 91.8 cm³/mol. The number of anilines is 1. The van der Waals surface area contributed by atoms with Crippen molar-refractivity contribution in [1.29, 1.82) is 0 Å². The summed E-state index contributed by atoms with van der Waals surface area (Å²) >= 11 is 1.41. The second-order valence-electron chi connectivity index (χ2n) is 4.71. The molecule has 3 aromatic rings. The van der Waals surface area contributed by atoms with Crippen LogP contribution in [0, 0.1) is 0 Å². The molecule has 5 heteroatoms. The average Bonchev–Trinajstić information content (AvgIpc) is 3.12. The molecule has 1 aromatic heterocycles. The first-order valence-corrected chi connectivity index (χ1v) is 7.90. The fourth-order valence-corrected chi connectivity index (χ4v) is 2.66. The van der Waals surface area contributed by atoms with Gasteiger partial charge in [-0.1, -0.05) is 18.2 Å². The molecule has 0 aliphatic heterocycles. The van der Waals surface area contributed by atoms with E-state index in [0.717, 1.165) is 5.69 Å². The first kappa shape index (κ1) is 15.1. The van der Waals surface area contributed by atoms with Gasteiger partial charge in [-0.15, -0.1) is 11.3 Å². The lowest BCUT2D eigenvalue weighted by Gasteiger charge is -2.10. The van der Waals surface area contributed by atoms with Crippen LogP contribution >= 0.6 is 11.3 Å². The zero-order chi connectivity index (χ0) is 16.1. The van der Waals surface area contributed by atoms with Crippen molar-refractivity contribution in [2.75, 3.05) is 12.4 Å². The van der Waals surface area contributed by atoms with Gasteiger partial charge in [0.1, 0.15) is 5.75 Å². The van der Waals surface area contributed by atoms with Gasteiger partial charge in [-0.2, -0.15) is 0 Å². The Morgan fingerprint density at radius 1 is 0.957 bits per heavy atom. The molecule has 0 saturated carbocycles. The molecule has 4 nitrogen and oxygen atoms in total. The zero-order valence-corrected chi connectivity index (χ0v) is 13.3. The lowest BCUT2D eigenvalue weighted by molar-refractivity contribution is 0.103. The van der Waals surface area contributed by atoms with Crippen LogP contribution in [-0.4, -0.2) is 13.0 Å². The Balaban J connectivity index is 1.68. The van der Waals surface area contributed by atoms with Gasteiger partial charge in [0.2, 0.25) is 0 Å². The molecule has 0 saturated heterocycles. The lowest BCUT2D eigenvalue weighted by atomic mass is 10.3. The van der Waals surface area contributed by atoms with E-state index in [0.29, 0.717) is 22.1 Å². The summed E-state index contributed by atoms with van der Waals surface area (Å²) in [5.41, 5.74) is 0.718. The number of ether oxygens (including phenoxy) is 2. The SMILES string of the molecule is COc1ccccc1Oc1ccc(NC(=O)c2cccs2)cc1. The Labute approximate surface area is 138 Å². The molecule has 0 bridgehead atoms. The van der Waals surface area contributed by atoms with Crippen LogP contribution in [0.15, 0.2) is 66.0 Å². The molecule has 23 heavy (non-hydrogen) atoms. The van der Waals surface area contributed by atoms with Crippen molar-refractivity contribution in [2.45, 2.75) is 0 Å². The van der Waals surface area contributed by atoms with Crippen molar-refractivity contribution in [1.82, 2.24) is 0 Å². The Morgan fingerprint density at radius 2 is 1.70 bits per heavy atom. The minimum atomic E-state index is -0.113. The van der Waals surface area contributed by atoms with Crippen LogP contribution in [0.25, 0.3) is 0 Å². The smallest absolute Gasteiger partial charge is 0.265 e. The fraction of sp³-hybridized carbons (Fsp3) is 0.0556. The van der Waals surface area contributed by atoms with Gasteiger partial charge in [0.05, 0.1) is 12.0 Å². The van der Waals surface area contributed by atoms with Crippen LogP contribution < -0.4 is 14.8 Å². The number of amides is 1. The highest BCUT2D eigenvalue weighted by atomic mass is 32.1. The summed E-state index contributed by atoms with van der Waals surface area (Å²) in [4.78, 5) is 12.7. The maximum Gasteiger partial charge on any atom is 0.265 e. The summed E-state index contributed by atoms with van der Waals surface area (Å²) in [6, 6.07) is 18.3. The number of thiophene rings is 1. The number of para-hydroxylation sites is 2. The monoisotopic (exact) mass is 325 g/mol. The second-order valence-corrected chi connectivity index (χ2v) is 5.66. The van der Waals surface area contributed by atoms with Crippen LogP contribution in [0.5, 0.6) is 17.2 Å². The Kier molecular flexibility index (Phi) is 4.59. The fourth-order valence-electron chi connectivity index (χ4n) is 2.04. The molecule has 116 valence electrons. The number of benzene rings is 2. The van der Waals surface area contributed by atoms with E-state index in [9.17, 15) is 4.79 Å². The molecular weight excluding hydrogens is 310 g/mol. The normalized spacial score (nSPS) is 10.1. The molecular formula is C18H15NO3S. The van der Waals surface area contributed by atoms with Gasteiger partial charge in [0.15, 0.2) is 11.5 Å². The van der Waals surface area contributed by atoms with Crippen LogP contribution in [-0.2, 0) is 0 Å². The molecule has 0 aliphatic rings. The van der Waals surface area contributed by atoms with Crippen molar-refractivity contribution in [3.63, 3.8) is 0 Å². The van der Waals surface area contributed by atoms with Crippen molar-refractivity contribution in [3.8, 4) is 17.2 Å². The van der Waals surface area contributed by atoms with E-state index in [2.05, 4.69) is 5.32 Å². The van der Waals surface area contributed by atoms with Crippen LogP contribution in [0.3, 0.4) is 0 Å². The Hall–Kier alpha value is -2.79. The third-order valence-electron chi connectivity index (χ3n) is 3.15. The highest BCUT2D eigenvalue weighted by Crippen LogP contribution is 2.31. The van der Waals surface area contributed by atoms with Gasteiger partial charge < -0.3 is 14.8 Å². The van der Waals surface area contributed by atoms with Crippen LogP contribution in [0.1, 0.15) is 9.67 Å². The molecule has 0 aliphatic carbocycles. The van der Waals surface area contributed by atoms with Gasteiger partial charge in [-0.25, -0.2) is 0 Å². The highest BCUT2D eigenvalue weighted by Gasteiger charge is 2.08. The van der Waals surface area contributed by atoms with Gasteiger partial charge in [-0.3, -0.25) is 4.79 Å². The summed E-state index contributed by atoms with van der Waals surface area (Å²) in [5.74, 6) is 1.87. The number of carbonyl (C=O) groups excluding carboxylic acids is 1. The maximum atomic E-state index is 12.0. The van der Waals surface area contributed by atoms with Crippen molar-refractivity contribution in [2.24, 2.45) is 0 Å². The van der Waals surface area contributed by atoms with Crippen LogP contribution in [0.2, 0.25) is 0 Å². The van der Waals surface area contributed by atoms with Crippen molar-refractivity contribution >= 4 is 22.9 Å². The molecule has 0 spiro atoms. The number of methoxy groups -OCH3 is 1. The first-order chi connectivity index (χ1) is 11.3. The van der Waals surface area contributed by atoms with Crippen LogP contribution in [0.4, 0.5) is 5.69 Å². The van der Waals surface area contributed by atoms with E-state index in [1.165, 1.54) is 11.3 Å². The third-order valence-corrected chi connectivity index (χ3v) is 4.02.